The average Bonchev–Trinajstić information content (AvgIpc) is 3.56. The van der Waals surface area contributed by atoms with Crippen molar-refractivity contribution in [1.29, 1.82) is 0 Å². The number of halogens is 1. The maximum atomic E-state index is 13.5. The van der Waals surface area contributed by atoms with E-state index in [9.17, 15) is 9.18 Å². The molecule has 39 heavy (non-hydrogen) atoms. The molecular formula is C34H43FN2O2. The molecule has 4 nitrogen and oxygen atoms in total. The number of methoxy groups -OCH3 is 1. The topological polar surface area (TPSA) is 44.1 Å². The second-order valence-corrected chi connectivity index (χ2v) is 11.9. The van der Waals surface area contributed by atoms with E-state index in [0.717, 1.165) is 34.9 Å². The molecule has 0 bridgehead atoms. The Bertz CT molecular complexity index is 1200. The normalized spacial score (nSPS) is 23.5. The standard InChI is InChI=1S/C34H43FN2O2/c1-39-31-19-13-27(21-31)12-11-25-5-4-6-26(10-9-25)14-20-34(38)33-22-36-24-37(33)23-29-7-2-3-8-32(29)28-15-17-30(35)18-16-28/h2-3,7-8,15-18,22,24-27,31H,4-6,9-14,19-21,23H2,1H3. The van der Waals surface area contributed by atoms with E-state index >= 15 is 0 Å². The van der Waals surface area contributed by atoms with Gasteiger partial charge in [-0.3, -0.25) is 4.79 Å². The summed E-state index contributed by atoms with van der Waals surface area (Å²) in [5.74, 6) is 2.31. The van der Waals surface area contributed by atoms with Crippen molar-refractivity contribution in [3.05, 3.63) is 78.1 Å². The number of rotatable bonds is 11. The molecule has 0 radical (unpaired) electrons. The minimum Gasteiger partial charge on any atom is -0.381 e. The molecule has 0 amide bonds. The Morgan fingerprint density at radius 3 is 2.41 bits per heavy atom. The number of aromatic nitrogens is 2. The summed E-state index contributed by atoms with van der Waals surface area (Å²) in [5.41, 5.74) is 3.78. The van der Waals surface area contributed by atoms with Crippen molar-refractivity contribution >= 4 is 5.78 Å². The minimum atomic E-state index is -0.243. The number of ketones is 1. The van der Waals surface area contributed by atoms with Gasteiger partial charge in [-0.25, -0.2) is 9.37 Å². The Morgan fingerprint density at radius 1 is 0.923 bits per heavy atom. The zero-order valence-corrected chi connectivity index (χ0v) is 23.4. The molecule has 3 aromatic rings. The van der Waals surface area contributed by atoms with Crippen molar-refractivity contribution in [3.8, 4) is 11.1 Å². The van der Waals surface area contributed by atoms with E-state index in [1.807, 2.05) is 29.9 Å². The number of carbonyl (C=O) groups is 1. The van der Waals surface area contributed by atoms with Crippen LogP contribution in [0.4, 0.5) is 4.39 Å². The molecule has 208 valence electrons. The third-order valence-corrected chi connectivity index (χ3v) is 9.31. The molecule has 2 aromatic carbocycles. The van der Waals surface area contributed by atoms with Crippen LogP contribution in [0.3, 0.4) is 0 Å². The Kier molecular flexibility index (Phi) is 9.62. The van der Waals surface area contributed by atoms with Gasteiger partial charge >= 0.3 is 0 Å². The van der Waals surface area contributed by atoms with Crippen LogP contribution in [0.25, 0.3) is 11.1 Å². The molecular weight excluding hydrogens is 487 g/mol. The van der Waals surface area contributed by atoms with Crippen molar-refractivity contribution < 1.29 is 13.9 Å². The van der Waals surface area contributed by atoms with Gasteiger partial charge in [0, 0.05) is 20.1 Å². The molecule has 2 aliphatic carbocycles. The molecule has 2 saturated carbocycles. The summed E-state index contributed by atoms with van der Waals surface area (Å²) in [4.78, 5) is 17.6. The molecule has 4 atom stereocenters. The van der Waals surface area contributed by atoms with Crippen molar-refractivity contribution in [2.45, 2.75) is 89.7 Å². The molecule has 0 spiro atoms. The van der Waals surface area contributed by atoms with Crippen LogP contribution in [0.2, 0.25) is 0 Å². The lowest BCUT2D eigenvalue weighted by atomic mass is 9.89. The fourth-order valence-corrected chi connectivity index (χ4v) is 6.90. The average molecular weight is 531 g/mol. The van der Waals surface area contributed by atoms with Gasteiger partial charge in [-0.1, -0.05) is 81.3 Å². The summed E-state index contributed by atoms with van der Waals surface area (Å²) in [5, 5.41) is 0. The number of Topliss-reactive ketones (excluding diaryl/α,β-unsaturated/α-hetero) is 1. The summed E-state index contributed by atoms with van der Waals surface area (Å²) in [6, 6.07) is 14.7. The first kappa shape index (κ1) is 27.8. The van der Waals surface area contributed by atoms with Gasteiger partial charge < -0.3 is 9.30 Å². The van der Waals surface area contributed by atoms with Gasteiger partial charge in [0.05, 0.1) is 18.6 Å². The van der Waals surface area contributed by atoms with Crippen molar-refractivity contribution in [1.82, 2.24) is 9.55 Å². The van der Waals surface area contributed by atoms with Gasteiger partial charge in [-0.15, -0.1) is 0 Å². The van der Waals surface area contributed by atoms with Gasteiger partial charge in [0.2, 0.25) is 0 Å². The number of hydrogen-bond acceptors (Lipinski definition) is 3. The Morgan fingerprint density at radius 2 is 1.64 bits per heavy atom. The number of ether oxygens (including phenoxy) is 1. The molecule has 0 N–H and O–H groups in total. The maximum absolute atomic E-state index is 13.5. The van der Waals surface area contributed by atoms with E-state index in [1.54, 1.807) is 24.7 Å². The van der Waals surface area contributed by atoms with E-state index in [4.69, 9.17) is 4.74 Å². The summed E-state index contributed by atoms with van der Waals surface area (Å²) in [7, 11) is 1.85. The molecule has 2 fully saturated rings. The van der Waals surface area contributed by atoms with E-state index < -0.39 is 0 Å². The smallest absolute Gasteiger partial charge is 0.180 e. The van der Waals surface area contributed by atoms with Crippen molar-refractivity contribution in [2.75, 3.05) is 7.11 Å². The molecule has 4 unspecified atom stereocenters. The van der Waals surface area contributed by atoms with Gasteiger partial charge in [-0.2, -0.15) is 0 Å². The second kappa shape index (κ2) is 13.5. The second-order valence-electron chi connectivity index (χ2n) is 11.9. The predicted octanol–water partition coefficient (Wildman–Crippen LogP) is 8.49. The lowest BCUT2D eigenvalue weighted by molar-refractivity contribution is 0.0963. The van der Waals surface area contributed by atoms with E-state index in [2.05, 4.69) is 11.1 Å². The van der Waals surface area contributed by atoms with E-state index in [1.165, 1.54) is 76.3 Å². The van der Waals surface area contributed by atoms with E-state index in [0.29, 0.717) is 30.7 Å². The molecule has 0 aliphatic heterocycles. The third-order valence-electron chi connectivity index (χ3n) is 9.31. The molecule has 1 aromatic heterocycles. The molecule has 5 heteroatoms. The summed E-state index contributed by atoms with van der Waals surface area (Å²) in [6.07, 6.45) is 18.6. The van der Waals surface area contributed by atoms with E-state index in [-0.39, 0.29) is 11.6 Å². The highest BCUT2D eigenvalue weighted by Crippen LogP contribution is 2.36. The van der Waals surface area contributed by atoms with Crippen LogP contribution in [0.5, 0.6) is 0 Å². The highest BCUT2D eigenvalue weighted by atomic mass is 19.1. The van der Waals surface area contributed by atoms with Crippen LogP contribution < -0.4 is 0 Å². The first-order valence-electron chi connectivity index (χ1n) is 15.0. The van der Waals surface area contributed by atoms with Gasteiger partial charge in [0.25, 0.3) is 0 Å². The van der Waals surface area contributed by atoms with Crippen molar-refractivity contribution in [3.63, 3.8) is 0 Å². The molecule has 2 aliphatic rings. The predicted molar refractivity (Wildman–Crippen MR) is 154 cm³/mol. The maximum Gasteiger partial charge on any atom is 0.180 e. The summed E-state index contributed by atoms with van der Waals surface area (Å²) < 4.78 is 21.0. The van der Waals surface area contributed by atoms with Crippen LogP contribution in [-0.4, -0.2) is 28.5 Å². The Hall–Kier alpha value is -2.79. The van der Waals surface area contributed by atoms with Crippen LogP contribution >= 0.6 is 0 Å². The summed E-state index contributed by atoms with van der Waals surface area (Å²) >= 11 is 0. The van der Waals surface area contributed by atoms with Crippen LogP contribution in [0, 0.1) is 23.6 Å². The number of imidazole rings is 1. The first-order valence-corrected chi connectivity index (χ1v) is 15.0. The third kappa shape index (κ3) is 7.45. The SMILES string of the molecule is COC1CCC(CCC2CCCC(CCC(=O)c3cncn3Cc3ccccc3-c3ccc(F)cc3)CC2)C1. The number of carbonyl (C=O) groups excluding carboxylic acids is 1. The van der Waals surface area contributed by atoms with Crippen LogP contribution in [0.1, 0.15) is 93.1 Å². The molecule has 0 saturated heterocycles. The molecule has 1 heterocycles. The van der Waals surface area contributed by atoms with Crippen LogP contribution in [0.15, 0.2) is 61.1 Å². The van der Waals surface area contributed by atoms with Gasteiger partial charge in [0.1, 0.15) is 11.5 Å². The Labute approximate surface area is 233 Å². The number of nitrogens with zero attached hydrogens (tertiary/aromatic N) is 2. The monoisotopic (exact) mass is 530 g/mol. The van der Waals surface area contributed by atoms with Crippen LogP contribution in [-0.2, 0) is 11.3 Å². The fourth-order valence-electron chi connectivity index (χ4n) is 6.90. The molecule has 5 rings (SSSR count). The van der Waals surface area contributed by atoms with Crippen molar-refractivity contribution in [2.24, 2.45) is 17.8 Å². The van der Waals surface area contributed by atoms with Gasteiger partial charge in [-0.05, 0) is 72.3 Å². The first-order chi connectivity index (χ1) is 19.1. The summed E-state index contributed by atoms with van der Waals surface area (Å²) in [6.45, 7) is 0.561. The Balaban J connectivity index is 1.12. The lowest BCUT2D eigenvalue weighted by Gasteiger charge is -2.17. The fraction of sp³-hybridized carbons (Fsp3) is 0.529. The number of hydrogen-bond donors (Lipinski definition) is 0. The highest BCUT2D eigenvalue weighted by Gasteiger charge is 2.26. The zero-order chi connectivity index (χ0) is 27.0. The van der Waals surface area contributed by atoms with Gasteiger partial charge in [0.15, 0.2) is 5.78 Å². The quantitative estimate of drug-likeness (QED) is 0.184. The lowest BCUT2D eigenvalue weighted by Crippen LogP contribution is -2.12. The zero-order valence-electron chi connectivity index (χ0n) is 23.4. The minimum absolute atomic E-state index is 0.182. The largest absolute Gasteiger partial charge is 0.381 e. The number of benzene rings is 2. The highest BCUT2D eigenvalue weighted by molar-refractivity contribution is 5.94.